The molecule has 1 aliphatic rings. The lowest BCUT2D eigenvalue weighted by Gasteiger charge is -2.40. The van der Waals surface area contributed by atoms with Crippen molar-refractivity contribution in [1.82, 2.24) is 15.2 Å². The molecule has 1 aliphatic heterocycles. The molecule has 3 rings (SSSR count). The summed E-state index contributed by atoms with van der Waals surface area (Å²) in [5, 5.41) is 4.84. The molecular weight excluding hydrogens is 278 g/mol. The Morgan fingerprint density at radius 1 is 1.33 bits per heavy atom. The number of rotatable bonds is 4. The SMILES string of the molecule is CCC1CN(Cc2cnc(C)s2)C(c2ccccc2)CN1. The normalized spacial score (nSPS) is 23.3. The largest absolute Gasteiger partial charge is 0.311 e. The standard InChI is InChI=1S/C17H23N3S/c1-3-15-11-20(12-16-9-18-13(2)21-16)17(10-19-15)14-7-5-4-6-8-14/h4-9,15,17,19H,3,10-12H2,1-2H3. The quantitative estimate of drug-likeness (QED) is 0.938. The molecule has 1 aromatic carbocycles. The van der Waals surface area contributed by atoms with Crippen molar-refractivity contribution in [3.63, 3.8) is 0 Å². The summed E-state index contributed by atoms with van der Waals surface area (Å²) >= 11 is 1.81. The van der Waals surface area contributed by atoms with Gasteiger partial charge in [0.15, 0.2) is 0 Å². The molecule has 0 spiro atoms. The van der Waals surface area contributed by atoms with Crippen molar-refractivity contribution in [3.8, 4) is 0 Å². The summed E-state index contributed by atoms with van der Waals surface area (Å²) in [6, 6.07) is 11.9. The molecule has 1 aromatic heterocycles. The number of thiazole rings is 1. The lowest BCUT2D eigenvalue weighted by molar-refractivity contribution is 0.122. The van der Waals surface area contributed by atoms with Crippen LogP contribution in [0, 0.1) is 6.92 Å². The van der Waals surface area contributed by atoms with Crippen LogP contribution in [0.2, 0.25) is 0 Å². The van der Waals surface area contributed by atoms with Gasteiger partial charge in [-0.05, 0) is 18.9 Å². The van der Waals surface area contributed by atoms with E-state index >= 15 is 0 Å². The van der Waals surface area contributed by atoms with Gasteiger partial charge in [0.25, 0.3) is 0 Å². The molecule has 2 heterocycles. The molecule has 21 heavy (non-hydrogen) atoms. The molecule has 0 aliphatic carbocycles. The second-order valence-corrected chi connectivity index (χ2v) is 7.03. The first kappa shape index (κ1) is 14.7. The highest BCUT2D eigenvalue weighted by molar-refractivity contribution is 7.11. The van der Waals surface area contributed by atoms with Crippen LogP contribution in [0.5, 0.6) is 0 Å². The highest BCUT2D eigenvalue weighted by Crippen LogP contribution is 2.27. The minimum atomic E-state index is 0.455. The monoisotopic (exact) mass is 301 g/mol. The van der Waals surface area contributed by atoms with Crippen LogP contribution in [-0.4, -0.2) is 29.0 Å². The summed E-state index contributed by atoms with van der Waals surface area (Å²) in [5.74, 6) is 0. The minimum Gasteiger partial charge on any atom is -0.311 e. The zero-order valence-corrected chi connectivity index (χ0v) is 13.6. The molecule has 1 fully saturated rings. The van der Waals surface area contributed by atoms with Crippen molar-refractivity contribution >= 4 is 11.3 Å². The highest BCUT2D eigenvalue weighted by Gasteiger charge is 2.28. The van der Waals surface area contributed by atoms with Gasteiger partial charge in [0, 0.05) is 42.8 Å². The maximum Gasteiger partial charge on any atom is 0.0897 e. The smallest absolute Gasteiger partial charge is 0.0897 e. The predicted molar refractivity (Wildman–Crippen MR) is 88.5 cm³/mol. The Bertz CT molecular complexity index is 566. The second-order valence-electron chi connectivity index (χ2n) is 5.71. The molecule has 1 N–H and O–H groups in total. The van der Waals surface area contributed by atoms with Crippen molar-refractivity contribution in [2.24, 2.45) is 0 Å². The fourth-order valence-electron chi connectivity index (χ4n) is 3.01. The molecule has 0 saturated carbocycles. The Balaban J connectivity index is 1.80. The van der Waals surface area contributed by atoms with E-state index in [1.807, 2.05) is 17.5 Å². The number of benzene rings is 1. The first-order chi connectivity index (χ1) is 10.3. The number of aromatic nitrogens is 1. The van der Waals surface area contributed by atoms with Crippen LogP contribution >= 0.6 is 11.3 Å². The van der Waals surface area contributed by atoms with Gasteiger partial charge in [0.2, 0.25) is 0 Å². The van der Waals surface area contributed by atoms with Crippen molar-refractivity contribution < 1.29 is 0 Å². The van der Waals surface area contributed by atoms with Crippen LogP contribution < -0.4 is 5.32 Å². The van der Waals surface area contributed by atoms with E-state index in [4.69, 9.17) is 0 Å². The van der Waals surface area contributed by atoms with E-state index in [1.165, 1.54) is 16.9 Å². The Kier molecular flexibility index (Phi) is 4.68. The van der Waals surface area contributed by atoms with Crippen LogP contribution in [0.1, 0.15) is 34.8 Å². The van der Waals surface area contributed by atoms with E-state index in [1.54, 1.807) is 0 Å². The summed E-state index contributed by atoms with van der Waals surface area (Å²) in [6.07, 6.45) is 3.21. The number of hydrogen-bond acceptors (Lipinski definition) is 4. The Hall–Kier alpha value is -1.23. The van der Waals surface area contributed by atoms with Crippen LogP contribution in [0.25, 0.3) is 0 Å². The molecule has 0 bridgehead atoms. The minimum absolute atomic E-state index is 0.455. The third-order valence-electron chi connectivity index (χ3n) is 4.20. The molecule has 1 saturated heterocycles. The Labute approximate surface area is 131 Å². The van der Waals surface area contributed by atoms with Gasteiger partial charge in [-0.25, -0.2) is 4.98 Å². The average molecular weight is 301 g/mol. The first-order valence-corrected chi connectivity index (χ1v) is 8.51. The number of aryl methyl sites for hydroxylation is 1. The molecular formula is C17H23N3S. The number of piperazine rings is 1. The molecule has 2 aromatic rings. The van der Waals surface area contributed by atoms with E-state index in [9.17, 15) is 0 Å². The first-order valence-electron chi connectivity index (χ1n) is 7.70. The van der Waals surface area contributed by atoms with Gasteiger partial charge in [-0.1, -0.05) is 37.3 Å². The third kappa shape index (κ3) is 3.51. The number of hydrogen-bond donors (Lipinski definition) is 1. The van der Waals surface area contributed by atoms with Gasteiger partial charge in [-0.15, -0.1) is 11.3 Å². The maximum atomic E-state index is 4.40. The van der Waals surface area contributed by atoms with Crippen LogP contribution in [0.3, 0.4) is 0 Å². The van der Waals surface area contributed by atoms with Gasteiger partial charge in [-0.3, -0.25) is 4.90 Å². The Morgan fingerprint density at radius 3 is 2.81 bits per heavy atom. The average Bonchev–Trinajstić information content (AvgIpc) is 2.93. The van der Waals surface area contributed by atoms with Gasteiger partial charge in [0.05, 0.1) is 5.01 Å². The van der Waals surface area contributed by atoms with Gasteiger partial charge >= 0.3 is 0 Å². The summed E-state index contributed by atoms with van der Waals surface area (Å²) in [4.78, 5) is 8.37. The van der Waals surface area contributed by atoms with Crippen molar-refractivity contribution in [3.05, 3.63) is 52.0 Å². The highest BCUT2D eigenvalue weighted by atomic mass is 32.1. The van der Waals surface area contributed by atoms with Gasteiger partial charge < -0.3 is 5.32 Å². The summed E-state index contributed by atoms with van der Waals surface area (Å²) in [6.45, 7) is 7.47. The van der Waals surface area contributed by atoms with Crippen molar-refractivity contribution in [1.29, 1.82) is 0 Å². The van der Waals surface area contributed by atoms with E-state index in [2.05, 4.69) is 59.4 Å². The predicted octanol–water partition coefficient (Wildman–Crippen LogP) is 3.38. The lowest BCUT2D eigenvalue weighted by Crippen LogP contribution is -2.51. The van der Waals surface area contributed by atoms with E-state index < -0.39 is 0 Å². The molecule has 2 atom stereocenters. The number of nitrogens with zero attached hydrogens (tertiary/aromatic N) is 2. The van der Waals surface area contributed by atoms with Gasteiger partial charge in [0.1, 0.15) is 0 Å². The zero-order chi connectivity index (χ0) is 14.7. The third-order valence-corrected chi connectivity index (χ3v) is 5.10. The van der Waals surface area contributed by atoms with E-state index in [0.717, 1.165) is 24.6 Å². The second kappa shape index (κ2) is 6.69. The molecule has 112 valence electrons. The fourth-order valence-corrected chi connectivity index (χ4v) is 3.83. The summed E-state index contributed by atoms with van der Waals surface area (Å²) in [5.41, 5.74) is 1.40. The molecule has 3 nitrogen and oxygen atoms in total. The van der Waals surface area contributed by atoms with E-state index in [0.29, 0.717) is 12.1 Å². The lowest BCUT2D eigenvalue weighted by atomic mass is 10.00. The maximum absolute atomic E-state index is 4.40. The van der Waals surface area contributed by atoms with E-state index in [-0.39, 0.29) is 0 Å². The van der Waals surface area contributed by atoms with Crippen LogP contribution in [0.15, 0.2) is 36.5 Å². The zero-order valence-electron chi connectivity index (χ0n) is 12.7. The van der Waals surface area contributed by atoms with Crippen LogP contribution in [-0.2, 0) is 6.54 Å². The molecule has 4 heteroatoms. The topological polar surface area (TPSA) is 28.2 Å². The van der Waals surface area contributed by atoms with Crippen molar-refractivity contribution in [2.45, 2.75) is 38.9 Å². The number of nitrogens with one attached hydrogen (secondary N) is 1. The fraction of sp³-hybridized carbons (Fsp3) is 0.471. The van der Waals surface area contributed by atoms with Crippen LogP contribution in [0.4, 0.5) is 0 Å². The van der Waals surface area contributed by atoms with Crippen molar-refractivity contribution in [2.75, 3.05) is 13.1 Å². The molecule has 2 unspecified atom stereocenters. The van der Waals surface area contributed by atoms with Gasteiger partial charge in [-0.2, -0.15) is 0 Å². The Morgan fingerprint density at radius 2 is 2.14 bits per heavy atom. The molecule has 0 radical (unpaired) electrons. The summed E-state index contributed by atoms with van der Waals surface area (Å²) < 4.78 is 0. The summed E-state index contributed by atoms with van der Waals surface area (Å²) in [7, 11) is 0. The molecule has 0 amide bonds.